The molecule has 40 heavy (non-hydrogen) atoms. The van der Waals surface area contributed by atoms with Crippen LogP contribution in [0, 0.1) is 5.92 Å². The molecule has 0 saturated carbocycles. The summed E-state index contributed by atoms with van der Waals surface area (Å²) in [5.74, 6) is 0.0193. The average Bonchev–Trinajstić information content (AvgIpc) is 3.39. The highest BCUT2D eigenvalue weighted by Crippen LogP contribution is 2.42. The molecule has 3 aromatic rings. The number of urea groups is 1. The standard InChI is InChI=1S/C30H31N5O5/c1-20-18-35(29(37)32-28(20)36)27-17-25(33-34-31)26(40-27)19-39-30(21-9-5-3-6-10-21,22-11-7-4-8-12-22)23-13-15-24(38-2)16-14-23/h3-16,20,25-27H,17-19H2,1-2H3,(H,32,36,37). The number of imide groups is 1. The van der Waals surface area contributed by atoms with Crippen LogP contribution in [0.3, 0.4) is 0 Å². The number of hydrogen-bond donors (Lipinski definition) is 1. The Hall–Kier alpha value is -4.37. The zero-order chi connectivity index (χ0) is 28.1. The third-order valence-corrected chi connectivity index (χ3v) is 7.48. The van der Waals surface area contributed by atoms with Gasteiger partial charge in [0.25, 0.3) is 0 Å². The van der Waals surface area contributed by atoms with Crippen LogP contribution in [0.25, 0.3) is 10.4 Å². The molecule has 2 aliphatic rings. The summed E-state index contributed by atoms with van der Waals surface area (Å²) in [5.41, 5.74) is 11.0. The number of rotatable bonds is 9. The van der Waals surface area contributed by atoms with E-state index >= 15 is 0 Å². The van der Waals surface area contributed by atoms with Crippen LogP contribution in [0.2, 0.25) is 0 Å². The van der Waals surface area contributed by atoms with Crippen molar-refractivity contribution >= 4 is 11.9 Å². The number of carbonyl (C=O) groups excluding carboxylic acids is 2. The van der Waals surface area contributed by atoms with Crippen LogP contribution in [0.4, 0.5) is 4.79 Å². The first-order chi connectivity index (χ1) is 19.5. The maximum Gasteiger partial charge on any atom is 0.326 e. The summed E-state index contributed by atoms with van der Waals surface area (Å²) in [5, 5.41) is 6.36. The monoisotopic (exact) mass is 541 g/mol. The molecule has 0 radical (unpaired) electrons. The van der Waals surface area contributed by atoms with E-state index in [9.17, 15) is 15.1 Å². The summed E-state index contributed by atoms with van der Waals surface area (Å²) in [6, 6.07) is 26.4. The lowest BCUT2D eigenvalue weighted by Crippen LogP contribution is -2.57. The molecule has 3 amide bonds. The molecule has 1 N–H and O–H groups in total. The van der Waals surface area contributed by atoms with Gasteiger partial charge in [0, 0.05) is 17.9 Å². The van der Waals surface area contributed by atoms with Crippen molar-refractivity contribution in [3.8, 4) is 5.75 Å². The molecule has 0 aromatic heterocycles. The Balaban J connectivity index is 1.50. The zero-order valence-corrected chi connectivity index (χ0v) is 22.3. The Kier molecular flexibility index (Phi) is 8.02. The molecule has 10 nitrogen and oxygen atoms in total. The van der Waals surface area contributed by atoms with Crippen molar-refractivity contribution in [2.75, 3.05) is 20.3 Å². The molecule has 206 valence electrons. The minimum atomic E-state index is -1.03. The van der Waals surface area contributed by atoms with Gasteiger partial charge >= 0.3 is 6.03 Å². The molecule has 10 heteroatoms. The SMILES string of the molecule is COc1ccc(C(OCC2OC(N3CC(C)C(=O)NC3=O)CC2N=[N+]=[N-])(c2ccccc2)c2ccccc2)cc1. The van der Waals surface area contributed by atoms with E-state index in [-0.39, 0.29) is 25.0 Å². The number of carbonyl (C=O) groups is 2. The Bertz CT molecular complexity index is 1340. The van der Waals surface area contributed by atoms with Gasteiger partial charge in [0.15, 0.2) is 0 Å². The van der Waals surface area contributed by atoms with Gasteiger partial charge in [-0.25, -0.2) is 4.79 Å². The van der Waals surface area contributed by atoms with Crippen LogP contribution in [0.15, 0.2) is 90.0 Å². The van der Waals surface area contributed by atoms with Crippen LogP contribution < -0.4 is 10.1 Å². The fraction of sp³-hybridized carbons (Fsp3) is 0.333. The van der Waals surface area contributed by atoms with Crippen molar-refractivity contribution in [1.82, 2.24) is 10.2 Å². The quantitative estimate of drug-likeness (QED) is 0.177. The van der Waals surface area contributed by atoms with E-state index in [1.54, 1.807) is 14.0 Å². The van der Waals surface area contributed by atoms with E-state index < -0.39 is 30.0 Å². The molecule has 2 heterocycles. The largest absolute Gasteiger partial charge is 0.497 e. The number of nitrogens with zero attached hydrogens (tertiary/aromatic N) is 4. The van der Waals surface area contributed by atoms with Crippen LogP contribution in [-0.4, -0.2) is 55.5 Å². The number of amides is 3. The van der Waals surface area contributed by atoms with Gasteiger partial charge in [-0.05, 0) is 34.4 Å². The molecular weight excluding hydrogens is 510 g/mol. The highest BCUT2D eigenvalue weighted by Gasteiger charge is 2.45. The molecule has 4 unspecified atom stereocenters. The topological polar surface area (TPSA) is 126 Å². The fourth-order valence-electron chi connectivity index (χ4n) is 5.38. The first-order valence-electron chi connectivity index (χ1n) is 13.2. The Morgan fingerprint density at radius 3 is 2.17 bits per heavy atom. The van der Waals surface area contributed by atoms with Gasteiger partial charge in [-0.2, -0.15) is 0 Å². The van der Waals surface area contributed by atoms with Gasteiger partial charge in [-0.3, -0.25) is 15.0 Å². The predicted molar refractivity (Wildman–Crippen MR) is 147 cm³/mol. The molecule has 2 fully saturated rings. The molecule has 5 rings (SSSR count). The van der Waals surface area contributed by atoms with E-state index in [1.165, 1.54) is 4.90 Å². The summed E-state index contributed by atoms with van der Waals surface area (Å²) < 4.78 is 18.6. The third-order valence-electron chi connectivity index (χ3n) is 7.48. The number of methoxy groups -OCH3 is 1. The minimum absolute atomic E-state index is 0.0694. The van der Waals surface area contributed by atoms with Crippen LogP contribution in [-0.2, 0) is 19.9 Å². The lowest BCUT2D eigenvalue weighted by molar-refractivity contribution is -0.129. The number of hydrogen-bond acceptors (Lipinski definition) is 6. The predicted octanol–water partition coefficient (Wildman–Crippen LogP) is 4.99. The molecule has 2 aliphatic heterocycles. The van der Waals surface area contributed by atoms with Gasteiger partial charge < -0.3 is 14.2 Å². The van der Waals surface area contributed by atoms with Crippen molar-refractivity contribution in [2.24, 2.45) is 11.0 Å². The molecule has 4 atom stereocenters. The second kappa shape index (κ2) is 11.8. The Morgan fingerprint density at radius 2 is 1.60 bits per heavy atom. The van der Waals surface area contributed by atoms with E-state index in [4.69, 9.17) is 14.2 Å². The molecule has 0 bridgehead atoms. The zero-order valence-electron chi connectivity index (χ0n) is 22.3. The molecule has 3 aromatic carbocycles. The van der Waals surface area contributed by atoms with Gasteiger partial charge in [0.1, 0.15) is 17.6 Å². The average molecular weight is 542 g/mol. The number of benzene rings is 3. The smallest absolute Gasteiger partial charge is 0.326 e. The molecule has 0 aliphatic carbocycles. The van der Waals surface area contributed by atoms with Gasteiger partial charge in [-0.1, -0.05) is 84.8 Å². The first kappa shape index (κ1) is 27.2. The molecular formula is C30H31N5O5. The van der Waals surface area contributed by atoms with Crippen molar-refractivity contribution in [3.63, 3.8) is 0 Å². The van der Waals surface area contributed by atoms with E-state index in [2.05, 4.69) is 15.3 Å². The van der Waals surface area contributed by atoms with Crippen molar-refractivity contribution in [3.05, 3.63) is 112 Å². The fourth-order valence-corrected chi connectivity index (χ4v) is 5.38. The lowest BCUT2D eigenvalue weighted by atomic mass is 9.80. The summed E-state index contributed by atoms with van der Waals surface area (Å²) in [7, 11) is 1.62. The van der Waals surface area contributed by atoms with Crippen LogP contribution in [0.1, 0.15) is 30.0 Å². The first-order valence-corrected chi connectivity index (χ1v) is 13.2. The summed E-state index contributed by atoms with van der Waals surface area (Å²) in [6.45, 7) is 2.04. The second-order valence-corrected chi connectivity index (χ2v) is 9.94. The normalized spacial score (nSPS) is 22.9. The third kappa shape index (κ3) is 5.24. The maximum absolute atomic E-state index is 12.6. The number of azide groups is 1. The molecule has 0 spiro atoms. The van der Waals surface area contributed by atoms with Gasteiger partial charge in [-0.15, -0.1) is 0 Å². The van der Waals surface area contributed by atoms with Crippen LogP contribution >= 0.6 is 0 Å². The summed E-state index contributed by atoms with van der Waals surface area (Å²) in [4.78, 5) is 29.1. The highest BCUT2D eigenvalue weighted by atomic mass is 16.6. The van der Waals surface area contributed by atoms with E-state index in [1.807, 2.05) is 84.9 Å². The lowest BCUT2D eigenvalue weighted by Gasteiger charge is -2.37. The van der Waals surface area contributed by atoms with Gasteiger partial charge in [0.05, 0.1) is 31.8 Å². The van der Waals surface area contributed by atoms with E-state index in [0.717, 1.165) is 22.4 Å². The van der Waals surface area contributed by atoms with Crippen molar-refractivity contribution in [2.45, 2.75) is 37.3 Å². The van der Waals surface area contributed by atoms with Crippen molar-refractivity contribution < 1.29 is 23.8 Å². The van der Waals surface area contributed by atoms with Crippen LogP contribution in [0.5, 0.6) is 5.75 Å². The number of ether oxygens (including phenoxy) is 3. The van der Waals surface area contributed by atoms with Gasteiger partial charge in [0.2, 0.25) is 5.91 Å². The minimum Gasteiger partial charge on any atom is -0.497 e. The number of nitrogens with one attached hydrogen (secondary N) is 1. The highest BCUT2D eigenvalue weighted by molar-refractivity contribution is 5.97. The second-order valence-electron chi connectivity index (χ2n) is 9.94. The van der Waals surface area contributed by atoms with Crippen molar-refractivity contribution in [1.29, 1.82) is 0 Å². The Morgan fingerprint density at radius 1 is 1.00 bits per heavy atom. The maximum atomic E-state index is 12.6. The molecule has 2 saturated heterocycles. The Labute approximate surface area is 232 Å². The summed E-state index contributed by atoms with van der Waals surface area (Å²) in [6.07, 6.45) is -1.01. The van der Waals surface area contributed by atoms with E-state index in [0.29, 0.717) is 6.42 Å². The summed E-state index contributed by atoms with van der Waals surface area (Å²) >= 11 is 0.